The summed E-state index contributed by atoms with van der Waals surface area (Å²) >= 11 is 0. The number of hydrogen-bond donors (Lipinski definition) is 2. The fourth-order valence-electron chi connectivity index (χ4n) is 2.77. The van der Waals surface area contributed by atoms with Gasteiger partial charge in [-0.15, -0.1) is 0 Å². The third kappa shape index (κ3) is 3.83. The maximum Gasteiger partial charge on any atom is 0.255 e. The van der Waals surface area contributed by atoms with Crippen LogP contribution in [0.25, 0.3) is 0 Å². The summed E-state index contributed by atoms with van der Waals surface area (Å²) in [6, 6.07) is 16.7. The van der Waals surface area contributed by atoms with Gasteiger partial charge in [0, 0.05) is 31.0 Å². The Hall–Kier alpha value is -3.74. The number of pyridine rings is 1. The predicted octanol–water partition coefficient (Wildman–Crippen LogP) is 3.87. The number of nitrogens with zero attached hydrogens (tertiary/aromatic N) is 2. The van der Waals surface area contributed by atoms with E-state index in [2.05, 4.69) is 15.6 Å². The van der Waals surface area contributed by atoms with Crippen LogP contribution in [0.3, 0.4) is 0 Å². The van der Waals surface area contributed by atoms with E-state index in [0.29, 0.717) is 28.6 Å². The highest BCUT2D eigenvalue weighted by Gasteiger charge is 2.16. The summed E-state index contributed by atoms with van der Waals surface area (Å²) in [6.07, 6.45) is 1.61. The van der Waals surface area contributed by atoms with Crippen LogP contribution in [0, 0.1) is 0 Å². The van der Waals surface area contributed by atoms with Crippen molar-refractivity contribution in [3.8, 4) is 11.5 Å². The molecule has 0 aliphatic carbocycles. The molecule has 0 atom stereocenters. The maximum absolute atomic E-state index is 12.4. The third-order valence-corrected chi connectivity index (χ3v) is 4.31. The number of hydrogen-bond acceptors (Lipinski definition) is 6. The Labute approximate surface area is 162 Å². The number of benzene rings is 2. The van der Waals surface area contributed by atoms with Crippen LogP contribution in [0.15, 0.2) is 60.8 Å². The molecular weight excluding hydrogens is 356 g/mol. The normalized spacial score (nSPS) is 11.8. The van der Waals surface area contributed by atoms with Crippen LogP contribution in [0.1, 0.15) is 10.4 Å². The van der Waals surface area contributed by atoms with Crippen molar-refractivity contribution in [2.75, 3.05) is 36.4 Å². The van der Waals surface area contributed by atoms with Gasteiger partial charge in [0.15, 0.2) is 11.5 Å². The Morgan fingerprint density at radius 3 is 2.43 bits per heavy atom. The lowest BCUT2D eigenvalue weighted by Crippen LogP contribution is -2.12. The Balaban J connectivity index is 1.39. The number of carbonyl (C=O) groups excluding carboxylic acids is 1. The van der Waals surface area contributed by atoms with Gasteiger partial charge in [-0.1, -0.05) is 0 Å². The molecule has 2 heterocycles. The highest BCUT2D eigenvalue weighted by molar-refractivity contribution is 6.04. The minimum absolute atomic E-state index is 0.177. The summed E-state index contributed by atoms with van der Waals surface area (Å²) in [7, 11) is 4.00. The van der Waals surface area contributed by atoms with Gasteiger partial charge in [0.1, 0.15) is 5.82 Å². The Morgan fingerprint density at radius 1 is 0.964 bits per heavy atom. The van der Waals surface area contributed by atoms with Crippen molar-refractivity contribution in [3.05, 3.63) is 66.4 Å². The summed E-state index contributed by atoms with van der Waals surface area (Å²) in [6.45, 7) is 0.177. The van der Waals surface area contributed by atoms with E-state index in [-0.39, 0.29) is 12.7 Å². The Bertz CT molecular complexity index is 986. The van der Waals surface area contributed by atoms with Gasteiger partial charge in [0.25, 0.3) is 5.91 Å². The molecule has 0 radical (unpaired) electrons. The number of carbonyl (C=O) groups is 1. The molecule has 142 valence electrons. The first-order valence-electron chi connectivity index (χ1n) is 8.80. The van der Waals surface area contributed by atoms with Crippen molar-refractivity contribution in [2.24, 2.45) is 0 Å². The van der Waals surface area contributed by atoms with Crippen LogP contribution in [-0.4, -0.2) is 31.8 Å². The summed E-state index contributed by atoms with van der Waals surface area (Å²) < 4.78 is 10.6. The van der Waals surface area contributed by atoms with E-state index in [1.165, 1.54) is 0 Å². The molecule has 28 heavy (non-hydrogen) atoms. The van der Waals surface area contributed by atoms with Crippen molar-refractivity contribution in [1.29, 1.82) is 0 Å². The SMILES string of the molecule is CN(C)c1ccc(Nc2ccc(NC(=O)c3ccc4c(c3)OCO4)cn2)cc1. The van der Waals surface area contributed by atoms with E-state index in [0.717, 1.165) is 11.4 Å². The average Bonchev–Trinajstić information content (AvgIpc) is 3.17. The quantitative estimate of drug-likeness (QED) is 0.704. The van der Waals surface area contributed by atoms with E-state index in [9.17, 15) is 4.79 Å². The van der Waals surface area contributed by atoms with Gasteiger partial charge in [-0.05, 0) is 54.6 Å². The molecule has 7 nitrogen and oxygen atoms in total. The van der Waals surface area contributed by atoms with E-state index < -0.39 is 0 Å². The number of amides is 1. The van der Waals surface area contributed by atoms with Gasteiger partial charge in [-0.25, -0.2) is 4.98 Å². The molecule has 0 bridgehead atoms. The molecule has 0 fully saturated rings. The van der Waals surface area contributed by atoms with E-state index >= 15 is 0 Å². The van der Waals surface area contributed by atoms with Crippen LogP contribution >= 0.6 is 0 Å². The molecule has 7 heteroatoms. The van der Waals surface area contributed by atoms with Crippen molar-refractivity contribution in [2.45, 2.75) is 0 Å². The number of nitrogens with one attached hydrogen (secondary N) is 2. The zero-order valence-electron chi connectivity index (χ0n) is 15.6. The van der Waals surface area contributed by atoms with Crippen LogP contribution in [-0.2, 0) is 0 Å². The van der Waals surface area contributed by atoms with Crippen LogP contribution in [0.4, 0.5) is 22.9 Å². The molecule has 1 aliphatic heterocycles. The van der Waals surface area contributed by atoms with Gasteiger partial charge in [-0.3, -0.25) is 4.79 Å². The number of anilines is 4. The summed E-state index contributed by atoms with van der Waals surface area (Å²) in [5, 5.41) is 6.07. The first-order chi connectivity index (χ1) is 13.6. The molecule has 4 rings (SSSR count). The second-order valence-corrected chi connectivity index (χ2v) is 6.52. The first kappa shape index (κ1) is 17.7. The summed E-state index contributed by atoms with van der Waals surface area (Å²) in [5.41, 5.74) is 3.17. The summed E-state index contributed by atoms with van der Waals surface area (Å²) in [4.78, 5) is 18.8. The first-order valence-corrected chi connectivity index (χ1v) is 8.80. The molecule has 1 aliphatic rings. The van der Waals surface area contributed by atoms with Crippen molar-refractivity contribution in [1.82, 2.24) is 4.98 Å². The average molecular weight is 376 g/mol. The van der Waals surface area contributed by atoms with E-state index in [4.69, 9.17) is 9.47 Å². The van der Waals surface area contributed by atoms with Gasteiger partial charge in [0.2, 0.25) is 6.79 Å². The highest BCUT2D eigenvalue weighted by atomic mass is 16.7. The minimum Gasteiger partial charge on any atom is -0.454 e. The van der Waals surface area contributed by atoms with E-state index in [1.54, 1.807) is 30.5 Å². The lowest BCUT2D eigenvalue weighted by molar-refractivity contribution is 0.102. The molecule has 0 saturated carbocycles. The standard InChI is InChI=1S/C21H20N4O3/c1-25(2)17-7-4-15(5-8-17)23-20-10-6-16(12-22-20)24-21(26)14-3-9-18-19(11-14)28-13-27-18/h3-12H,13H2,1-2H3,(H,22,23)(H,24,26). The fraction of sp³-hybridized carbons (Fsp3) is 0.143. The minimum atomic E-state index is -0.236. The van der Waals surface area contributed by atoms with Gasteiger partial charge in [0.05, 0.1) is 11.9 Å². The van der Waals surface area contributed by atoms with Crippen molar-refractivity contribution < 1.29 is 14.3 Å². The molecule has 1 aromatic heterocycles. The maximum atomic E-state index is 12.4. The predicted molar refractivity (Wildman–Crippen MR) is 109 cm³/mol. The second kappa shape index (κ2) is 7.48. The van der Waals surface area contributed by atoms with Crippen LogP contribution in [0.5, 0.6) is 11.5 Å². The van der Waals surface area contributed by atoms with Gasteiger partial charge in [-0.2, -0.15) is 0 Å². The zero-order valence-corrected chi connectivity index (χ0v) is 15.6. The lowest BCUT2D eigenvalue weighted by Gasteiger charge is -2.13. The monoisotopic (exact) mass is 376 g/mol. The molecule has 1 amide bonds. The van der Waals surface area contributed by atoms with Crippen molar-refractivity contribution >= 4 is 28.8 Å². The number of fused-ring (bicyclic) bond motifs is 1. The molecule has 2 aromatic carbocycles. The van der Waals surface area contributed by atoms with Crippen LogP contribution in [0.2, 0.25) is 0 Å². The number of aromatic nitrogens is 1. The molecular formula is C21H20N4O3. The second-order valence-electron chi connectivity index (χ2n) is 6.52. The topological polar surface area (TPSA) is 75.7 Å². The fourth-order valence-corrected chi connectivity index (χ4v) is 2.77. The van der Waals surface area contributed by atoms with Crippen molar-refractivity contribution in [3.63, 3.8) is 0 Å². The summed E-state index contributed by atoms with van der Waals surface area (Å²) in [5.74, 6) is 1.68. The van der Waals surface area contributed by atoms with Crippen LogP contribution < -0.4 is 25.0 Å². The van der Waals surface area contributed by atoms with E-state index in [1.807, 2.05) is 49.3 Å². The van der Waals surface area contributed by atoms with Gasteiger partial charge < -0.3 is 25.0 Å². The molecule has 0 spiro atoms. The molecule has 2 N–H and O–H groups in total. The molecule has 0 unspecified atom stereocenters. The Kier molecular flexibility index (Phi) is 4.72. The lowest BCUT2D eigenvalue weighted by atomic mass is 10.2. The zero-order chi connectivity index (χ0) is 19.5. The molecule has 3 aromatic rings. The highest BCUT2D eigenvalue weighted by Crippen LogP contribution is 2.32. The van der Waals surface area contributed by atoms with Gasteiger partial charge >= 0.3 is 0 Å². The number of ether oxygens (including phenoxy) is 2. The number of rotatable bonds is 5. The Morgan fingerprint density at radius 2 is 1.71 bits per heavy atom. The molecule has 0 saturated heterocycles. The largest absolute Gasteiger partial charge is 0.454 e. The third-order valence-electron chi connectivity index (χ3n) is 4.31. The smallest absolute Gasteiger partial charge is 0.255 e.